The summed E-state index contributed by atoms with van der Waals surface area (Å²) in [4.78, 5) is 23.5. The molecular weight excluding hydrogens is 190 g/mol. The van der Waals surface area contributed by atoms with Crippen molar-refractivity contribution in [1.82, 2.24) is 5.32 Å². The van der Waals surface area contributed by atoms with Crippen molar-refractivity contribution in [2.24, 2.45) is 0 Å². The van der Waals surface area contributed by atoms with Gasteiger partial charge in [0, 0.05) is 5.56 Å². The lowest BCUT2D eigenvalue weighted by atomic mass is 10.0. The molecule has 78 valence electrons. The van der Waals surface area contributed by atoms with Gasteiger partial charge in [0.1, 0.15) is 0 Å². The second kappa shape index (κ2) is 4.36. The molecule has 1 saturated heterocycles. The zero-order valence-corrected chi connectivity index (χ0v) is 8.40. The Morgan fingerprint density at radius 3 is 2.53 bits per heavy atom. The van der Waals surface area contributed by atoms with Gasteiger partial charge in [-0.1, -0.05) is 30.3 Å². The van der Waals surface area contributed by atoms with Gasteiger partial charge >= 0.3 is 0 Å². The Labute approximate surface area is 88.5 Å². The van der Waals surface area contributed by atoms with Crippen molar-refractivity contribution < 1.29 is 9.59 Å². The molecule has 0 bridgehead atoms. The fourth-order valence-electron chi connectivity index (χ4n) is 1.80. The number of Topliss-reactive ketones (excluding diaryl/α,β-unsaturated/α-hetero) is 2. The van der Waals surface area contributed by atoms with Gasteiger partial charge in [0.2, 0.25) is 11.6 Å². The summed E-state index contributed by atoms with van der Waals surface area (Å²) in [5.41, 5.74) is 0.483. The van der Waals surface area contributed by atoms with Crippen LogP contribution in [0, 0.1) is 0 Å². The minimum Gasteiger partial charge on any atom is -0.307 e. The smallest absolute Gasteiger partial charge is 0.230 e. The number of carbonyl (C=O) groups excluding carboxylic acids is 2. The first-order chi connectivity index (χ1) is 7.29. The summed E-state index contributed by atoms with van der Waals surface area (Å²) in [5.74, 6) is -0.686. The van der Waals surface area contributed by atoms with E-state index in [0.717, 1.165) is 19.4 Å². The third-order valence-corrected chi connectivity index (χ3v) is 2.64. The highest BCUT2D eigenvalue weighted by Gasteiger charge is 2.27. The van der Waals surface area contributed by atoms with Gasteiger partial charge in [-0.3, -0.25) is 9.59 Å². The van der Waals surface area contributed by atoms with E-state index in [-0.39, 0.29) is 17.6 Å². The van der Waals surface area contributed by atoms with Gasteiger partial charge in [0.05, 0.1) is 6.04 Å². The first-order valence-corrected chi connectivity index (χ1v) is 5.16. The number of nitrogens with one attached hydrogen (secondary N) is 1. The van der Waals surface area contributed by atoms with Crippen molar-refractivity contribution in [1.29, 1.82) is 0 Å². The molecule has 0 saturated carbocycles. The number of hydrogen-bond acceptors (Lipinski definition) is 3. The van der Waals surface area contributed by atoms with Crippen LogP contribution in [0.3, 0.4) is 0 Å². The van der Waals surface area contributed by atoms with E-state index in [1.54, 1.807) is 24.3 Å². The third kappa shape index (κ3) is 2.13. The Balaban J connectivity index is 2.11. The van der Waals surface area contributed by atoms with Crippen LogP contribution in [0.15, 0.2) is 30.3 Å². The Morgan fingerprint density at radius 2 is 1.93 bits per heavy atom. The van der Waals surface area contributed by atoms with Crippen molar-refractivity contribution in [2.75, 3.05) is 6.54 Å². The topological polar surface area (TPSA) is 46.2 Å². The molecule has 0 amide bonds. The summed E-state index contributed by atoms with van der Waals surface area (Å²) < 4.78 is 0. The summed E-state index contributed by atoms with van der Waals surface area (Å²) in [6, 6.07) is 8.45. The molecule has 1 unspecified atom stereocenters. The predicted molar refractivity (Wildman–Crippen MR) is 56.8 cm³/mol. The van der Waals surface area contributed by atoms with Gasteiger partial charge in [-0.15, -0.1) is 0 Å². The van der Waals surface area contributed by atoms with E-state index < -0.39 is 0 Å². The number of hydrogen-bond donors (Lipinski definition) is 1. The Bertz CT molecular complexity index is 366. The lowest BCUT2D eigenvalue weighted by molar-refractivity contribution is -0.116. The van der Waals surface area contributed by atoms with Crippen LogP contribution < -0.4 is 5.32 Å². The van der Waals surface area contributed by atoms with E-state index in [9.17, 15) is 9.59 Å². The molecule has 1 N–H and O–H groups in total. The first-order valence-electron chi connectivity index (χ1n) is 5.16. The van der Waals surface area contributed by atoms with E-state index in [2.05, 4.69) is 5.32 Å². The molecule has 3 heteroatoms. The average molecular weight is 203 g/mol. The van der Waals surface area contributed by atoms with Gasteiger partial charge in [-0.2, -0.15) is 0 Å². The van der Waals surface area contributed by atoms with Crippen LogP contribution >= 0.6 is 0 Å². The van der Waals surface area contributed by atoms with E-state index in [1.807, 2.05) is 6.07 Å². The zero-order chi connectivity index (χ0) is 10.7. The van der Waals surface area contributed by atoms with Crippen molar-refractivity contribution >= 4 is 11.6 Å². The molecule has 0 spiro atoms. The largest absolute Gasteiger partial charge is 0.307 e. The fraction of sp³-hybridized carbons (Fsp3) is 0.333. The van der Waals surface area contributed by atoms with Crippen LogP contribution in [-0.4, -0.2) is 24.2 Å². The number of ketones is 2. The lowest BCUT2D eigenvalue weighted by Crippen LogP contribution is -2.35. The molecule has 1 heterocycles. The predicted octanol–water partition coefficient (Wildman–Crippen LogP) is 1.19. The van der Waals surface area contributed by atoms with E-state index in [1.165, 1.54) is 0 Å². The van der Waals surface area contributed by atoms with Crippen LogP contribution in [0.4, 0.5) is 0 Å². The SMILES string of the molecule is O=C(C(=O)C1CCCN1)c1ccccc1. The molecule has 1 aromatic carbocycles. The standard InChI is InChI=1S/C12H13NO2/c14-11(9-5-2-1-3-6-9)12(15)10-7-4-8-13-10/h1-3,5-6,10,13H,4,7-8H2. The maximum absolute atomic E-state index is 11.7. The molecule has 2 rings (SSSR count). The highest BCUT2D eigenvalue weighted by atomic mass is 16.2. The van der Waals surface area contributed by atoms with Gasteiger partial charge in [0.25, 0.3) is 0 Å². The molecule has 1 atom stereocenters. The first kappa shape index (κ1) is 10.1. The van der Waals surface area contributed by atoms with Gasteiger partial charge < -0.3 is 5.32 Å². The van der Waals surface area contributed by atoms with Crippen LogP contribution in [0.1, 0.15) is 23.2 Å². The zero-order valence-electron chi connectivity index (χ0n) is 8.40. The monoisotopic (exact) mass is 203 g/mol. The van der Waals surface area contributed by atoms with Crippen molar-refractivity contribution in [3.63, 3.8) is 0 Å². The minimum absolute atomic E-state index is 0.266. The summed E-state index contributed by atoms with van der Waals surface area (Å²) in [6.45, 7) is 0.832. The molecule has 0 radical (unpaired) electrons. The second-order valence-corrected chi connectivity index (χ2v) is 3.71. The lowest BCUT2D eigenvalue weighted by Gasteiger charge is -2.07. The Morgan fingerprint density at radius 1 is 1.20 bits per heavy atom. The number of benzene rings is 1. The van der Waals surface area contributed by atoms with Crippen molar-refractivity contribution in [2.45, 2.75) is 18.9 Å². The number of carbonyl (C=O) groups is 2. The van der Waals surface area contributed by atoms with E-state index >= 15 is 0 Å². The van der Waals surface area contributed by atoms with Gasteiger partial charge in [-0.25, -0.2) is 0 Å². The fourth-order valence-corrected chi connectivity index (χ4v) is 1.80. The van der Waals surface area contributed by atoms with E-state index in [0.29, 0.717) is 5.56 Å². The van der Waals surface area contributed by atoms with Crippen LogP contribution in [0.2, 0.25) is 0 Å². The molecule has 15 heavy (non-hydrogen) atoms. The summed E-state index contributed by atoms with van der Waals surface area (Å²) in [7, 11) is 0. The van der Waals surface area contributed by atoms with Crippen LogP contribution in [0.5, 0.6) is 0 Å². The number of rotatable bonds is 3. The molecule has 0 aliphatic carbocycles. The normalized spacial score (nSPS) is 20.1. The van der Waals surface area contributed by atoms with E-state index in [4.69, 9.17) is 0 Å². The highest BCUT2D eigenvalue weighted by molar-refractivity contribution is 6.45. The minimum atomic E-state index is -0.380. The second-order valence-electron chi connectivity index (χ2n) is 3.71. The molecule has 1 aliphatic rings. The molecular formula is C12H13NO2. The summed E-state index contributed by atoms with van der Waals surface area (Å²) in [6.07, 6.45) is 1.75. The third-order valence-electron chi connectivity index (χ3n) is 2.64. The molecule has 1 aliphatic heterocycles. The van der Waals surface area contributed by atoms with Gasteiger partial charge in [0.15, 0.2) is 0 Å². The summed E-state index contributed by atoms with van der Waals surface area (Å²) >= 11 is 0. The van der Waals surface area contributed by atoms with Crippen LogP contribution in [0.25, 0.3) is 0 Å². The molecule has 0 aromatic heterocycles. The Hall–Kier alpha value is -1.48. The highest BCUT2D eigenvalue weighted by Crippen LogP contribution is 2.09. The molecule has 1 fully saturated rings. The van der Waals surface area contributed by atoms with Crippen molar-refractivity contribution in [3.05, 3.63) is 35.9 Å². The van der Waals surface area contributed by atoms with Gasteiger partial charge in [-0.05, 0) is 19.4 Å². The quantitative estimate of drug-likeness (QED) is 0.593. The maximum atomic E-state index is 11.7. The molecule has 3 nitrogen and oxygen atoms in total. The summed E-state index contributed by atoms with van der Waals surface area (Å²) in [5, 5.41) is 3.04. The van der Waals surface area contributed by atoms with Crippen molar-refractivity contribution in [3.8, 4) is 0 Å². The Kier molecular flexibility index (Phi) is 2.92. The molecule has 1 aromatic rings. The maximum Gasteiger partial charge on any atom is 0.230 e. The average Bonchev–Trinajstić information content (AvgIpc) is 2.82. The van der Waals surface area contributed by atoms with Crippen LogP contribution in [-0.2, 0) is 4.79 Å².